The van der Waals surface area contributed by atoms with Crippen LogP contribution in [0.4, 0.5) is 11.5 Å². The van der Waals surface area contributed by atoms with E-state index in [2.05, 4.69) is 10.3 Å². The highest BCUT2D eigenvalue weighted by Crippen LogP contribution is 2.22. The lowest BCUT2D eigenvalue weighted by Crippen LogP contribution is -2.28. The minimum atomic E-state index is -0.513. The molecule has 1 aliphatic rings. The summed E-state index contributed by atoms with van der Waals surface area (Å²) in [5.41, 5.74) is 0.789. The quantitative estimate of drug-likeness (QED) is 0.617. The van der Waals surface area contributed by atoms with Gasteiger partial charge < -0.3 is 20.5 Å². The van der Waals surface area contributed by atoms with Crippen LogP contribution in [0.5, 0.6) is 0 Å². The summed E-state index contributed by atoms with van der Waals surface area (Å²) in [4.78, 5) is 13.7. The molecule has 0 spiro atoms. The van der Waals surface area contributed by atoms with E-state index >= 15 is 0 Å². The number of pyridine rings is 1. The third-order valence-electron chi connectivity index (χ3n) is 3.00. The third-order valence-corrected chi connectivity index (χ3v) is 3.00. The number of aromatic nitrogens is 1. The second-order valence-corrected chi connectivity index (χ2v) is 4.31. The monoisotopic (exact) mass is 237 g/mol. The maximum atomic E-state index is 10.4. The molecule has 17 heavy (non-hydrogen) atoms. The Balaban J connectivity index is 1.92. The van der Waals surface area contributed by atoms with Crippen molar-refractivity contribution in [1.82, 2.24) is 4.98 Å². The first-order valence-corrected chi connectivity index (χ1v) is 5.70. The van der Waals surface area contributed by atoms with Crippen LogP contribution < -0.4 is 5.32 Å². The molecule has 1 fully saturated rings. The van der Waals surface area contributed by atoms with E-state index in [1.165, 1.54) is 12.3 Å². The molecule has 2 N–H and O–H groups in total. The third kappa shape index (κ3) is 3.13. The molecule has 0 saturated heterocycles. The Hall–Kier alpha value is -1.69. The molecule has 0 bridgehead atoms. The Bertz CT molecular complexity index is 385. The van der Waals surface area contributed by atoms with Crippen molar-refractivity contribution >= 4 is 11.5 Å². The van der Waals surface area contributed by atoms with Crippen LogP contribution in [0.1, 0.15) is 25.7 Å². The van der Waals surface area contributed by atoms with Crippen molar-refractivity contribution in [3.05, 3.63) is 28.4 Å². The van der Waals surface area contributed by atoms with Crippen LogP contribution in [0, 0.1) is 10.1 Å². The first-order valence-electron chi connectivity index (χ1n) is 5.70. The van der Waals surface area contributed by atoms with E-state index in [1.54, 1.807) is 6.07 Å². The highest BCUT2D eigenvalue weighted by molar-refractivity contribution is 5.44. The SMILES string of the molecule is O=[N+]([O-])c1ccc(NC2CCC(O)CC2)cn1. The lowest BCUT2D eigenvalue weighted by Gasteiger charge is -2.26. The fourth-order valence-corrected chi connectivity index (χ4v) is 2.04. The summed E-state index contributed by atoms with van der Waals surface area (Å²) < 4.78 is 0. The molecular formula is C11H15N3O3. The van der Waals surface area contributed by atoms with Gasteiger partial charge in [-0.15, -0.1) is 0 Å². The van der Waals surface area contributed by atoms with Crippen LogP contribution in [-0.4, -0.2) is 27.2 Å². The van der Waals surface area contributed by atoms with Crippen molar-refractivity contribution in [2.24, 2.45) is 0 Å². The van der Waals surface area contributed by atoms with E-state index in [1.807, 2.05) is 0 Å². The fourth-order valence-electron chi connectivity index (χ4n) is 2.04. The van der Waals surface area contributed by atoms with E-state index in [-0.39, 0.29) is 11.9 Å². The Morgan fingerprint density at radius 3 is 2.59 bits per heavy atom. The van der Waals surface area contributed by atoms with E-state index < -0.39 is 4.92 Å². The van der Waals surface area contributed by atoms with Gasteiger partial charge in [0.05, 0.1) is 11.8 Å². The number of rotatable bonds is 3. The normalized spacial score (nSPS) is 24.3. The molecule has 6 heteroatoms. The second kappa shape index (κ2) is 5.09. The number of aliphatic hydroxyl groups excluding tert-OH is 1. The lowest BCUT2D eigenvalue weighted by molar-refractivity contribution is -0.389. The van der Waals surface area contributed by atoms with Crippen LogP contribution in [0.15, 0.2) is 18.3 Å². The number of nitro groups is 1. The standard InChI is InChI=1S/C11H15N3O3/c15-10-4-1-8(2-5-10)13-9-3-6-11(12-7-9)14(16)17/h3,6-8,10,13,15H,1-2,4-5H2. The van der Waals surface area contributed by atoms with Gasteiger partial charge in [-0.3, -0.25) is 0 Å². The van der Waals surface area contributed by atoms with Gasteiger partial charge in [-0.25, -0.2) is 0 Å². The number of nitrogens with one attached hydrogen (secondary N) is 1. The van der Waals surface area contributed by atoms with Crippen LogP contribution in [0.25, 0.3) is 0 Å². The number of hydrogen-bond acceptors (Lipinski definition) is 5. The first-order chi connectivity index (χ1) is 8.15. The maximum absolute atomic E-state index is 10.4. The van der Waals surface area contributed by atoms with Crippen LogP contribution in [0.2, 0.25) is 0 Å². The highest BCUT2D eigenvalue weighted by atomic mass is 16.6. The number of anilines is 1. The van der Waals surface area contributed by atoms with Crippen molar-refractivity contribution < 1.29 is 10.0 Å². The molecule has 0 radical (unpaired) electrons. The number of aliphatic hydroxyl groups is 1. The van der Waals surface area contributed by atoms with Crippen molar-refractivity contribution in [1.29, 1.82) is 0 Å². The summed E-state index contributed by atoms with van der Waals surface area (Å²) in [7, 11) is 0. The summed E-state index contributed by atoms with van der Waals surface area (Å²) in [6.45, 7) is 0. The number of hydrogen-bond donors (Lipinski definition) is 2. The minimum Gasteiger partial charge on any atom is -0.393 e. The van der Waals surface area contributed by atoms with E-state index in [0.717, 1.165) is 31.4 Å². The summed E-state index contributed by atoms with van der Waals surface area (Å²) in [5.74, 6) is -0.144. The van der Waals surface area contributed by atoms with Gasteiger partial charge in [0.2, 0.25) is 0 Å². The molecule has 1 aromatic rings. The maximum Gasteiger partial charge on any atom is 0.363 e. The van der Waals surface area contributed by atoms with Crippen molar-refractivity contribution in [3.63, 3.8) is 0 Å². The summed E-state index contributed by atoms with van der Waals surface area (Å²) in [5, 5.41) is 23.1. The molecule has 92 valence electrons. The molecular weight excluding hydrogens is 222 g/mol. The average molecular weight is 237 g/mol. The van der Waals surface area contributed by atoms with Gasteiger partial charge >= 0.3 is 5.82 Å². The molecule has 6 nitrogen and oxygen atoms in total. The second-order valence-electron chi connectivity index (χ2n) is 4.31. The lowest BCUT2D eigenvalue weighted by atomic mass is 9.93. The van der Waals surface area contributed by atoms with Gasteiger partial charge in [0, 0.05) is 12.1 Å². The fraction of sp³-hybridized carbons (Fsp3) is 0.545. The summed E-state index contributed by atoms with van der Waals surface area (Å²) >= 11 is 0. The molecule has 0 unspecified atom stereocenters. The molecule has 1 saturated carbocycles. The molecule has 1 heterocycles. The molecule has 0 amide bonds. The van der Waals surface area contributed by atoms with Gasteiger partial charge in [-0.2, -0.15) is 0 Å². The largest absolute Gasteiger partial charge is 0.393 e. The molecule has 0 aromatic carbocycles. The van der Waals surface area contributed by atoms with Gasteiger partial charge in [-0.1, -0.05) is 0 Å². The predicted octanol–water partition coefficient (Wildman–Crippen LogP) is 1.71. The molecule has 0 aliphatic heterocycles. The minimum absolute atomic E-state index is 0.144. The van der Waals surface area contributed by atoms with Gasteiger partial charge in [-0.05, 0) is 41.7 Å². The van der Waals surface area contributed by atoms with E-state index in [0.29, 0.717) is 6.04 Å². The van der Waals surface area contributed by atoms with Gasteiger partial charge in [0.15, 0.2) is 6.20 Å². The summed E-state index contributed by atoms with van der Waals surface area (Å²) in [6.07, 6.45) is 4.73. The highest BCUT2D eigenvalue weighted by Gasteiger charge is 2.19. The molecule has 0 atom stereocenters. The Morgan fingerprint density at radius 1 is 1.35 bits per heavy atom. The van der Waals surface area contributed by atoms with Crippen LogP contribution in [-0.2, 0) is 0 Å². The zero-order chi connectivity index (χ0) is 12.3. The molecule has 1 aromatic heterocycles. The van der Waals surface area contributed by atoms with Crippen molar-refractivity contribution in [2.45, 2.75) is 37.8 Å². The van der Waals surface area contributed by atoms with Gasteiger partial charge in [0.25, 0.3) is 0 Å². The van der Waals surface area contributed by atoms with Crippen LogP contribution >= 0.6 is 0 Å². The summed E-state index contributed by atoms with van der Waals surface area (Å²) in [6, 6.07) is 3.37. The van der Waals surface area contributed by atoms with Gasteiger partial charge in [0.1, 0.15) is 0 Å². The average Bonchev–Trinajstić information content (AvgIpc) is 2.33. The molecule has 2 rings (SSSR count). The smallest absolute Gasteiger partial charge is 0.363 e. The Morgan fingerprint density at radius 2 is 2.06 bits per heavy atom. The molecule has 1 aliphatic carbocycles. The zero-order valence-electron chi connectivity index (χ0n) is 9.37. The Labute approximate surface area is 98.8 Å². The first kappa shape index (κ1) is 11.8. The van der Waals surface area contributed by atoms with E-state index in [9.17, 15) is 15.2 Å². The van der Waals surface area contributed by atoms with Crippen molar-refractivity contribution in [2.75, 3.05) is 5.32 Å². The van der Waals surface area contributed by atoms with Crippen molar-refractivity contribution in [3.8, 4) is 0 Å². The van der Waals surface area contributed by atoms with Crippen LogP contribution in [0.3, 0.4) is 0 Å². The number of nitrogens with zero attached hydrogens (tertiary/aromatic N) is 2. The predicted molar refractivity (Wildman–Crippen MR) is 62.8 cm³/mol. The van der Waals surface area contributed by atoms with E-state index in [4.69, 9.17) is 0 Å². The Kier molecular flexibility index (Phi) is 3.53. The zero-order valence-corrected chi connectivity index (χ0v) is 9.37. The topological polar surface area (TPSA) is 88.3 Å².